The van der Waals surface area contributed by atoms with Crippen molar-refractivity contribution in [1.29, 1.82) is 0 Å². The van der Waals surface area contributed by atoms with Crippen LogP contribution >= 0.6 is 0 Å². The molecule has 0 aliphatic carbocycles. The molecule has 0 bridgehead atoms. The Kier molecular flexibility index (Phi) is 6.06. The van der Waals surface area contributed by atoms with Crippen molar-refractivity contribution in [3.8, 4) is 11.5 Å². The first-order valence-corrected chi connectivity index (χ1v) is 8.64. The SMILES string of the molecule is Nc1cc(Oc2ccc(NC(=O)NC(=O)Cc3ccc(F)cc3)cc2F)cc(N)n1. The Hall–Kier alpha value is -4.21. The number of imide groups is 1. The number of nitrogen functional groups attached to an aromatic ring is 2. The summed E-state index contributed by atoms with van der Waals surface area (Å²) in [6, 6.07) is 10.9. The summed E-state index contributed by atoms with van der Waals surface area (Å²) in [5.41, 5.74) is 11.8. The molecule has 0 radical (unpaired) electrons. The first-order chi connectivity index (χ1) is 14.3. The van der Waals surface area contributed by atoms with Crippen LogP contribution in [0.25, 0.3) is 0 Å². The van der Waals surface area contributed by atoms with Crippen LogP contribution in [0.15, 0.2) is 54.6 Å². The van der Waals surface area contributed by atoms with Crippen LogP contribution in [0.5, 0.6) is 11.5 Å². The molecule has 8 nitrogen and oxygen atoms in total. The van der Waals surface area contributed by atoms with Crippen LogP contribution in [0, 0.1) is 11.6 Å². The van der Waals surface area contributed by atoms with E-state index in [0.29, 0.717) is 5.56 Å². The number of aromatic nitrogens is 1. The van der Waals surface area contributed by atoms with Crippen molar-refractivity contribution in [2.45, 2.75) is 6.42 Å². The number of urea groups is 1. The van der Waals surface area contributed by atoms with Gasteiger partial charge in [-0.2, -0.15) is 0 Å². The van der Waals surface area contributed by atoms with Gasteiger partial charge in [-0.15, -0.1) is 0 Å². The third-order valence-corrected chi connectivity index (χ3v) is 3.79. The highest BCUT2D eigenvalue weighted by atomic mass is 19.1. The number of halogens is 2. The molecule has 2 aromatic carbocycles. The largest absolute Gasteiger partial charge is 0.454 e. The van der Waals surface area contributed by atoms with Crippen LogP contribution in [-0.4, -0.2) is 16.9 Å². The van der Waals surface area contributed by atoms with Crippen LogP contribution in [0.4, 0.5) is 30.9 Å². The van der Waals surface area contributed by atoms with Gasteiger partial charge in [-0.1, -0.05) is 12.1 Å². The van der Waals surface area contributed by atoms with Gasteiger partial charge in [0.1, 0.15) is 23.2 Å². The molecule has 154 valence electrons. The van der Waals surface area contributed by atoms with E-state index in [0.717, 1.165) is 6.07 Å². The van der Waals surface area contributed by atoms with E-state index in [4.69, 9.17) is 16.2 Å². The molecule has 0 atom stereocenters. The molecule has 0 saturated carbocycles. The van der Waals surface area contributed by atoms with Gasteiger partial charge in [0.15, 0.2) is 11.6 Å². The number of hydrogen-bond donors (Lipinski definition) is 4. The molecule has 0 unspecified atom stereocenters. The Labute approximate surface area is 169 Å². The van der Waals surface area contributed by atoms with Crippen molar-refractivity contribution < 1.29 is 23.1 Å². The summed E-state index contributed by atoms with van der Waals surface area (Å²) >= 11 is 0. The molecule has 0 spiro atoms. The lowest BCUT2D eigenvalue weighted by Gasteiger charge is -2.10. The van der Waals surface area contributed by atoms with Gasteiger partial charge in [0.2, 0.25) is 5.91 Å². The van der Waals surface area contributed by atoms with E-state index in [9.17, 15) is 18.4 Å². The number of carbonyl (C=O) groups excluding carboxylic acids is 2. The maximum Gasteiger partial charge on any atom is 0.325 e. The summed E-state index contributed by atoms with van der Waals surface area (Å²) in [5, 5.41) is 4.45. The van der Waals surface area contributed by atoms with Crippen molar-refractivity contribution in [2.75, 3.05) is 16.8 Å². The van der Waals surface area contributed by atoms with Gasteiger partial charge in [0.25, 0.3) is 0 Å². The standard InChI is InChI=1S/C20H17F2N5O3/c21-12-3-1-11(2-4-12)7-19(28)27-20(29)25-13-5-6-16(15(22)8-13)30-14-9-17(23)26-18(24)10-14/h1-6,8-10H,7H2,(H4,23,24,26)(H2,25,27,28,29). The number of nitrogens with two attached hydrogens (primary N) is 2. The molecule has 30 heavy (non-hydrogen) atoms. The Morgan fingerprint density at radius 1 is 0.967 bits per heavy atom. The number of nitrogens with zero attached hydrogens (tertiary/aromatic N) is 1. The monoisotopic (exact) mass is 413 g/mol. The third kappa shape index (κ3) is 5.64. The average molecular weight is 413 g/mol. The zero-order chi connectivity index (χ0) is 21.7. The minimum atomic E-state index is -0.843. The summed E-state index contributed by atoms with van der Waals surface area (Å²) in [7, 11) is 0. The Morgan fingerprint density at radius 3 is 2.27 bits per heavy atom. The van der Waals surface area contributed by atoms with Gasteiger partial charge >= 0.3 is 6.03 Å². The summed E-state index contributed by atoms with van der Waals surface area (Å²) in [6.45, 7) is 0. The van der Waals surface area contributed by atoms with Crippen LogP contribution in [0.1, 0.15) is 5.56 Å². The van der Waals surface area contributed by atoms with Crippen molar-refractivity contribution in [3.63, 3.8) is 0 Å². The number of ether oxygens (including phenoxy) is 1. The number of carbonyl (C=O) groups is 2. The second kappa shape index (κ2) is 8.86. The van der Waals surface area contributed by atoms with Crippen molar-refractivity contribution >= 4 is 29.3 Å². The van der Waals surface area contributed by atoms with Gasteiger partial charge in [0, 0.05) is 23.9 Å². The minimum absolute atomic E-state index is 0.0979. The smallest absolute Gasteiger partial charge is 0.325 e. The predicted molar refractivity (Wildman–Crippen MR) is 107 cm³/mol. The first-order valence-electron chi connectivity index (χ1n) is 8.64. The Balaban J connectivity index is 1.58. The summed E-state index contributed by atoms with van der Waals surface area (Å²) in [6.07, 6.45) is -0.118. The highest BCUT2D eigenvalue weighted by molar-refractivity contribution is 6.01. The third-order valence-electron chi connectivity index (χ3n) is 3.79. The van der Waals surface area contributed by atoms with Crippen molar-refractivity contribution in [3.05, 3.63) is 71.8 Å². The van der Waals surface area contributed by atoms with Crippen LogP contribution in [-0.2, 0) is 11.2 Å². The maximum absolute atomic E-state index is 14.3. The molecule has 3 amide bonds. The summed E-state index contributed by atoms with van der Waals surface area (Å²) in [4.78, 5) is 27.6. The molecule has 0 aliphatic rings. The minimum Gasteiger partial charge on any atom is -0.454 e. The Morgan fingerprint density at radius 2 is 1.63 bits per heavy atom. The van der Waals surface area contributed by atoms with Gasteiger partial charge < -0.3 is 21.5 Å². The van der Waals surface area contributed by atoms with E-state index in [1.165, 1.54) is 48.5 Å². The van der Waals surface area contributed by atoms with Crippen molar-refractivity contribution in [2.24, 2.45) is 0 Å². The summed E-state index contributed by atoms with van der Waals surface area (Å²) < 4.78 is 32.6. The molecular weight excluding hydrogens is 396 g/mol. The zero-order valence-electron chi connectivity index (χ0n) is 15.5. The molecule has 3 rings (SSSR count). The lowest BCUT2D eigenvalue weighted by Crippen LogP contribution is -2.35. The van der Waals surface area contributed by atoms with Gasteiger partial charge in [-0.25, -0.2) is 18.6 Å². The molecular formula is C20H17F2N5O3. The first kappa shape index (κ1) is 20.5. The maximum atomic E-state index is 14.3. The van der Waals surface area contributed by atoms with E-state index in [2.05, 4.69) is 15.6 Å². The molecule has 1 heterocycles. The number of benzene rings is 2. The fourth-order valence-corrected chi connectivity index (χ4v) is 2.51. The van der Waals surface area contributed by atoms with E-state index >= 15 is 0 Å². The second-order valence-corrected chi connectivity index (χ2v) is 6.21. The fourth-order valence-electron chi connectivity index (χ4n) is 2.51. The van der Waals surface area contributed by atoms with E-state index in [1.54, 1.807) is 0 Å². The normalized spacial score (nSPS) is 10.3. The molecule has 6 N–H and O–H groups in total. The van der Waals surface area contributed by atoms with Crippen LogP contribution in [0.2, 0.25) is 0 Å². The van der Waals surface area contributed by atoms with Gasteiger partial charge in [-0.3, -0.25) is 10.1 Å². The molecule has 1 aromatic heterocycles. The molecule has 10 heteroatoms. The number of amides is 3. The average Bonchev–Trinajstić information content (AvgIpc) is 2.65. The highest BCUT2D eigenvalue weighted by Gasteiger charge is 2.12. The summed E-state index contributed by atoms with van der Waals surface area (Å²) in [5.74, 6) is -1.49. The van der Waals surface area contributed by atoms with E-state index < -0.39 is 23.6 Å². The molecule has 0 fully saturated rings. The van der Waals surface area contributed by atoms with Crippen molar-refractivity contribution in [1.82, 2.24) is 10.3 Å². The Bertz CT molecular complexity index is 1070. The number of anilines is 3. The van der Waals surface area contributed by atoms with E-state index in [-0.39, 0.29) is 35.2 Å². The van der Waals surface area contributed by atoms with Gasteiger partial charge in [-0.05, 0) is 29.8 Å². The predicted octanol–water partition coefficient (Wildman–Crippen LogP) is 3.21. The number of pyridine rings is 1. The topological polar surface area (TPSA) is 132 Å². The number of hydrogen-bond acceptors (Lipinski definition) is 6. The van der Waals surface area contributed by atoms with Crippen LogP contribution in [0.3, 0.4) is 0 Å². The highest BCUT2D eigenvalue weighted by Crippen LogP contribution is 2.28. The zero-order valence-corrected chi connectivity index (χ0v) is 15.5. The fraction of sp³-hybridized carbons (Fsp3) is 0.0500. The molecule has 0 saturated heterocycles. The lowest BCUT2D eigenvalue weighted by molar-refractivity contribution is -0.119. The second-order valence-electron chi connectivity index (χ2n) is 6.21. The molecule has 0 aliphatic heterocycles. The lowest BCUT2D eigenvalue weighted by atomic mass is 10.1. The van der Waals surface area contributed by atoms with Crippen LogP contribution < -0.4 is 26.8 Å². The van der Waals surface area contributed by atoms with E-state index in [1.807, 2.05) is 0 Å². The molecule has 3 aromatic rings. The number of nitrogens with one attached hydrogen (secondary N) is 2. The quantitative estimate of drug-likeness (QED) is 0.508. The van der Waals surface area contributed by atoms with Gasteiger partial charge in [0.05, 0.1) is 6.42 Å². The number of rotatable bonds is 5.